The summed E-state index contributed by atoms with van der Waals surface area (Å²) >= 11 is 3.33. The van der Waals surface area contributed by atoms with E-state index in [1.807, 2.05) is 11.5 Å². The van der Waals surface area contributed by atoms with Crippen LogP contribution in [0.5, 0.6) is 0 Å². The van der Waals surface area contributed by atoms with Crippen LogP contribution in [0.15, 0.2) is 22.7 Å². The molecule has 2 N–H and O–H groups in total. The van der Waals surface area contributed by atoms with Gasteiger partial charge in [-0.2, -0.15) is 0 Å². The van der Waals surface area contributed by atoms with Gasteiger partial charge in [0.15, 0.2) is 5.82 Å². The molecule has 2 aromatic rings. The van der Waals surface area contributed by atoms with Crippen LogP contribution in [0.3, 0.4) is 0 Å². The Balaban J connectivity index is 2.64. The SMILES string of the molecule is CCn1c(CN)nnc1-c1c(F)cccc1Br. The molecular weight excluding hydrogens is 287 g/mol. The zero-order valence-corrected chi connectivity index (χ0v) is 10.9. The van der Waals surface area contributed by atoms with Crippen LogP contribution in [0.25, 0.3) is 11.4 Å². The number of hydrogen-bond acceptors (Lipinski definition) is 3. The molecule has 0 unspecified atom stereocenters. The van der Waals surface area contributed by atoms with Gasteiger partial charge in [-0.3, -0.25) is 0 Å². The van der Waals surface area contributed by atoms with Crippen molar-refractivity contribution in [2.24, 2.45) is 5.73 Å². The van der Waals surface area contributed by atoms with Crippen molar-refractivity contribution in [3.63, 3.8) is 0 Å². The molecule has 17 heavy (non-hydrogen) atoms. The highest BCUT2D eigenvalue weighted by atomic mass is 79.9. The van der Waals surface area contributed by atoms with Crippen molar-refractivity contribution in [2.75, 3.05) is 0 Å². The van der Waals surface area contributed by atoms with Gasteiger partial charge in [-0.1, -0.05) is 6.07 Å². The summed E-state index contributed by atoms with van der Waals surface area (Å²) in [6, 6.07) is 4.81. The summed E-state index contributed by atoms with van der Waals surface area (Å²) in [7, 11) is 0. The van der Waals surface area contributed by atoms with Crippen LogP contribution in [-0.4, -0.2) is 14.8 Å². The number of benzene rings is 1. The Kier molecular flexibility index (Phi) is 3.54. The van der Waals surface area contributed by atoms with E-state index in [-0.39, 0.29) is 12.4 Å². The lowest BCUT2D eigenvalue weighted by Gasteiger charge is -2.08. The Morgan fingerprint density at radius 1 is 1.41 bits per heavy atom. The van der Waals surface area contributed by atoms with E-state index in [1.165, 1.54) is 6.07 Å². The van der Waals surface area contributed by atoms with Gasteiger partial charge in [0.05, 0.1) is 12.1 Å². The minimum atomic E-state index is -0.329. The maximum absolute atomic E-state index is 13.8. The third-order valence-electron chi connectivity index (χ3n) is 2.51. The number of halogens is 2. The fraction of sp³-hybridized carbons (Fsp3) is 0.273. The fourth-order valence-corrected chi connectivity index (χ4v) is 2.23. The Morgan fingerprint density at radius 2 is 2.18 bits per heavy atom. The van der Waals surface area contributed by atoms with Crippen LogP contribution in [0, 0.1) is 5.82 Å². The van der Waals surface area contributed by atoms with E-state index < -0.39 is 0 Å². The topological polar surface area (TPSA) is 56.7 Å². The largest absolute Gasteiger partial charge is 0.324 e. The molecule has 6 heteroatoms. The van der Waals surface area contributed by atoms with Gasteiger partial charge < -0.3 is 10.3 Å². The first-order valence-corrected chi connectivity index (χ1v) is 6.04. The summed E-state index contributed by atoms with van der Waals surface area (Å²) in [4.78, 5) is 0. The lowest BCUT2D eigenvalue weighted by Crippen LogP contribution is -2.08. The maximum atomic E-state index is 13.8. The highest BCUT2D eigenvalue weighted by Gasteiger charge is 2.17. The van der Waals surface area contributed by atoms with Crippen molar-refractivity contribution in [3.05, 3.63) is 34.3 Å². The number of nitrogens with zero attached hydrogens (tertiary/aromatic N) is 3. The Bertz CT molecular complexity index is 518. The number of hydrogen-bond donors (Lipinski definition) is 1. The molecule has 1 heterocycles. The van der Waals surface area contributed by atoms with Gasteiger partial charge in [-0.25, -0.2) is 4.39 Å². The average molecular weight is 299 g/mol. The van der Waals surface area contributed by atoms with Crippen LogP contribution in [0.1, 0.15) is 12.7 Å². The lowest BCUT2D eigenvalue weighted by atomic mass is 10.2. The van der Waals surface area contributed by atoms with E-state index in [2.05, 4.69) is 26.1 Å². The molecule has 0 atom stereocenters. The van der Waals surface area contributed by atoms with Gasteiger partial charge in [-0.05, 0) is 35.0 Å². The predicted octanol–water partition coefficient (Wildman–Crippen LogP) is 2.33. The lowest BCUT2D eigenvalue weighted by molar-refractivity contribution is 0.625. The first-order chi connectivity index (χ1) is 8.19. The molecule has 0 radical (unpaired) electrons. The molecule has 0 aliphatic rings. The van der Waals surface area contributed by atoms with E-state index in [1.54, 1.807) is 12.1 Å². The van der Waals surface area contributed by atoms with Gasteiger partial charge in [-0.15, -0.1) is 10.2 Å². The summed E-state index contributed by atoms with van der Waals surface area (Å²) < 4.78 is 16.3. The fourth-order valence-electron chi connectivity index (χ4n) is 1.71. The number of aromatic nitrogens is 3. The molecule has 0 spiro atoms. The van der Waals surface area contributed by atoms with Crippen LogP contribution < -0.4 is 5.73 Å². The summed E-state index contributed by atoms with van der Waals surface area (Å²) in [6.45, 7) is 2.88. The van der Waals surface area contributed by atoms with E-state index in [0.29, 0.717) is 28.2 Å². The monoisotopic (exact) mass is 298 g/mol. The smallest absolute Gasteiger partial charge is 0.168 e. The van der Waals surface area contributed by atoms with E-state index in [0.717, 1.165) is 0 Å². The van der Waals surface area contributed by atoms with Gasteiger partial charge >= 0.3 is 0 Å². The minimum absolute atomic E-state index is 0.285. The standard InChI is InChI=1S/C11H12BrFN4/c1-2-17-9(6-14)15-16-11(17)10-7(12)4-3-5-8(10)13/h3-5H,2,6,14H2,1H3. The molecular formula is C11H12BrFN4. The highest BCUT2D eigenvalue weighted by Crippen LogP contribution is 2.29. The highest BCUT2D eigenvalue weighted by molar-refractivity contribution is 9.10. The average Bonchev–Trinajstić information content (AvgIpc) is 2.71. The second kappa shape index (κ2) is 4.93. The van der Waals surface area contributed by atoms with Crippen molar-refractivity contribution in [3.8, 4) is 11.4 Å². The molecule has 90 valence electrons. The summed E-state index contributed by atoms with van der Waals surface area (Å²) in [5.41, 5.74) is 5.98. The molecule has 0 amide bonds. The van der Waals surface area contributed by atoms with Crippen molar-refractivity contribution in [1.29, 1.82) is 0 Å². The summed E-state index contributed by atoms with van der Waals surface area (Å²) in [5.74, 6) is 0.820. The predicted molar refractivity (Wildman–Crippen MR) is 66.7 cm³/mol. The van der Waals surface area contributed by atoms with E-state index in [4.69, 9.17) is 5.73 Å². The van der Waals surface area contributed by atoms with E-state index in [9.17, 15) is 4.39 Å². The zero-order chi connectivity index (χ0) is 12.4. The third kappa shape index (κ3) is 2.10. The van der Waals surface area contributed by atoms with Gasteiger partial charge in [0.1, 0.15) is 11.6 Å². The second-order valence-corrected chi connectivity index (χ2v) is 4.34. The third-order valence-corrected chi connectivity index (χ3v) is 3.17. The van der Waals surface area contributed by atoms with Crippen LogP contribution in [0.2, 0.25) is 0 Å². The molecule has 0 bridgehead atoms. The zero-order valence-electron chi connectivity index (χ0n) is 9.32. The van der Waals surface area contributed by atoms with Crippen LogP contribution in [-0.2, 0) is 13.1 Å². The Labute approximate surface area is 107 Å². The van der Waals surface area contributed by atoms with Crippen molar-refractivity contribution < 1.29 is 4.39 Å². The molecule has 0 saturated carbocycles. The first-order valence-electron chi connectivity index (χ1n) is 5.25. The maximum Gasteiger partial charge on any atom is 0.168 e. The van der Waals surface area contributed by atoms with Gasteiger partial charge in [0, 0.05) is 11.0 Å². The molecule has 0 fully saturated rings. The molecule has 1 aromatic heterocycles. The van der Waals surface area contributed by atoms with Crippen LogP contribution in [0.4, 0.5) is 4.39 Å². The second-order valence-electron chi connectivity index (χ2n) is 3.48. The number of nitrogens with two attached hydrogens (primary N) is 1. The van der Waals surface area contributed by atoms with Crippen LogP contribution >= 0.6 is 15.9 Å². The molecule has 0 aliphatic heterocycles. The normalized spacial score (nSPS) is 10.8. The Morgan fingerprint density at radius 3 is 2.76 bits per heavy atom. The van der Waals surface area contributed by atoms with Crippen molar-refractivity contribution in [1.82, 2.24) is 14.8 Å². The Hall–Kier alpha value is -1.27. The molecule has 0 saturated heterocycles. The minimum Gasteiger partial charge on any atom is -0.324 e. The summed E-state index contributed by atoms with van der Waals surface area (Å²) in [5, 5.41) is 7.98. The summed E-state index contributed by atoms with van der Waals surface area (Å²) in [6.07, 6.45) is 0. The molecule has 0 aliphatic carbocycles. The quantitative estimate of drug-likeness (QED) is 0.946. The first kappa shape index (κ1) is 12.2. The molecule has 1 aromatic carbocycles. The van der Waals surface area contributed by atoms with Gasteiger partial charge in [0.2, 0.25) is 0 Å². The molecule has 2 rings (SSSR count). The molecule has 4 nitrogen and oxygen atoms in total. The van der Waals surface area contributed by atoms with Gasteiger partial charge in [0.25, 0.3) is 0 Å². The van der Waals surface area contributed by atoms with E-state index >= 15 is 0 Å². The van der Waals surface area contributed by atoms with Crippen molar-refractivity contribution in [2.45, 2.75) is 20.0 Å². The number of rotatable bonds is 3. The van der Waals surface area contributed by atoms with Crippen molar-refractivity contribution >= 4 is 15.9 Å².